The number of hydrogen-bond acceptors (Lipinski definition) is 5. The molecule has 3 aromatic rings. The first-order valence-corrected chi connectivity index (χ1v) is 7.20. The second-order valence-electron chi connectivity index (χ2n) is 3.92. The van der Waals surface area contributed by atoms with Gasteiger partial charge in [-0.2, -0.15) is 5.10 Å². The van der Waals surface area contributed by atoms with Gasteiger partial charge in [0.1, 0.15) is 5.52 Å². The van der Waals surface area contributed by atoms with Crippen molar-refractivity contribution in [3.63, 3.8) is 0 Å². The quantitative estimate of drug-likeness (QED) is 0.680. The molecule has 3 rings (SSSR count). The molecule has 1 aromatic carbocycles. The first-order chi connectivity index (χ1) is 9.20. The van der Waals surface area contributed by atoms with E-state index < -0.39 is 0 Å². The molecule has 0 atom stereocenters. The highest BCUT2D eigenvalue weighted by Gasteiger charge is 2.14. The second kappa shape index (κ2) is 4.79. The summed E-state index contributed by atoms with van der Waals surface area (Å²) in [7, 11) is 0. The number of benzene rings is 1. The minimum atomic E-state index is 0.614. The highest BCUT2D eigenvalue weighted by atomic mass is 35.5. The summed E-state index contributed by atoms with van der Waals surface area (Å²) in [5.41, 5.74) is 2.94. The van der Waals surface area contributed by atoms with Crippen molar-refractivity contribution in [2.75, 3.05) is 6.26 Å². The molecular weight excluding hydrogens is 282 g/mol. The standard InChI is InChI=1S/C12H10ClN5S/c1-7-10-11(15-16-12(14-10)19-2)18(17-7)9-6-4-3-5-8(9)13/h3-6H,1-2H3. The third kappa shape index (κ3) is 2.06. The Balaban J connectivity index is 2.29. The van der Waals surface area contributed by atoms with E-state index in [1.807, 2.05) is 37.4 Å². The van der Waals surface area contributed by atoms with Gasteiger partial charge in [-0.15, -0.1) is 10.2 Å². The summed E-state index contributed by atoms with van der Waals surface area (Å²) >= 11 is 7.65. The Morgan fingerprint density at radius 1 is 1.21 bits per heavy atom. The SMILES string of the molecule is CSc1nnc2c(n1)c(C)nn2-c1ccccc1Cl. The van der Waals surface area contributed by atoms with Crippen molar-refractivity contribution in [1.29, 1.82) is 0 Å². The zero-order valence-electron chi connectivity index (χ0n) is 10.3. The van der Waals surface area contributed by atoms with Crippen LogP contribution in [0.15, 0.2) is 29.4 Å². The van der Waals surface area contributed by atoms with Gasteiger partial charge in [0.25, 0.3) is 0 Å². The monoisotopic (exact) mass is 291 g/mol. The van der Waals surface area contributed by atoms with E-state index in [4.69, 9.17) is 11.6 Å². The number of aromatic nitrogens is 5. The van der Waals surface area contributed by atoms with Gasteiger partial charge in [0.05, 0.1) is 16.4 Å². The van der Waals surface area contributed by atoms with E-state index in [9.17, 15) is 0 Å². The van der Waals surface area contributed by atoms with Gasteiger partial charge < -0.3 is 0 Å². The van der Waals surface area contributed by atoms with Crippen LogP contribution >= 0.6 is 23.4 Å². The summed E-state index contributed by atoms with van der Waals surface area (Å²) in [6.07, 6.45) is 1.91. The van der Waals surface area contributed by atoms with Gasteiger partial charge in [-0.3, -0.25) is 0 Å². The lowest BCUT2D eigenvalue weighted by Gasteiger charge is -2.04. The molecule has 96 valence electrons. The second-order valence-corrected chi connectivity index (χ2v) is 5.10. The third-order valence-corrected chi connectivity index (χ3v) is 3.56. The molecule has 2 aromatic heterocycles. The average Bonchev–Trinajstić information content (AvgIpc) is 2.76. The van der Waals surface area contributed by atoms with E-state index in [0.717, 1.165) is 16.9 Å². The number of fused-ring (bicyclic) bond motifs is 1. The summed E-state index contributed by atoms with van der Waals surface area (Å²) in [5.74, 6) is 0. The number of nitrogens with zero attached hydrogens (tertiary/aromatic N) is 5. The Labute approximate surface area is 119 Å². The number of halogens is 1. The Hall–Kier alpha value is -1.66. The highest BCUT2D eigenvalue weighted by Crippen LogP contribution is 2.24. The van der Waals surface area contributed by atoms with E-state index in [1.165, 1.54) is 11.8 Å². The van der Waals surface area contributed by atoms with Crippen molar-refractivity contribution in [3.05, 3.63) is 35.0 Å². The first-order valence-electron chi connectivity index (χ1n) is 5.59. The van der Waals surface area contributed by atoms with Gasteiger partial charge in [0.2, 0.25) is 10.8 Å². The number of hydrogen-bond donors (Lipinski definition) is 0. The predicted octanol–water partition coefficient (Wildman–Crippen LogP) is 2.89. The van der Waals surface area contributed by atoms with Gasteiger partial charge in [-0.25, -0.2) is 9.67 Å². The number of rotatable bonds is 2. The summed E-state index contributed by atoms with van der Waals surface area (Å²) in [6, 6.07) is 7.48. The Morgan fingerprint density at radius 2 is 2.00 bits per heavy atom. The molecule has 0 bridgehead atoms. The molecular formula is C12H10ClN5S. The van der Waals surface area contributed by atoms with Crippen LogP contribution in [0, 0.1) is 6.92 Å². The predicted molar refractivity (Wildman–Crippen MR) is 76.0 cm³/mol. The molecule has 0 aliphatic heterocycles. The Kier molecular flexibility index (Phi) is 3.12. The van der Waals surface area contributed by atoms with Crippen molar-refractivity contribution in [1.82, 2.24) is 25.0 Å². The lowest BCUT2D eigenvalue weighted by molar-refractivity contribution is 0.834. The minimum absolute atomic E-state index is 0.614. The maximum absolute atomic E-state index is 6.19. The van der Waals surface area contributed by atoms with Gasteiger partial charge >= 0.3 is 0 Å². The van der Waals surface area contributed by atoms with Crippen molar-refractivity contribution >= 4 is 34.5 Å². The summed E-state index contributed by atoms with van der Waals surface area (Å²) in [5, 5.41) is 14.0. The molecule has 0 fully saturated rings. The average molecular weight is 292 g/mol. The van der Waals surface area contributed by atoms with Crippen molar-refractivity contribution < 1.29 is 0 Å². The van der Waals surface area contributed by atoms with Crippen LogP contribution in [0.1, 0.15) is 5.69 Å². The molecule has 0 N–H and O–H groups in total. The number of thioether (sulfide) groups is 1. The largest absolute Gasteiger partial charge is 0.216 e. The molecule has 0 aliphatic carbocycles. The molecule has 0 aliphatic rings. The molecule has 0 saturated carbocycles. The van der Waals surface area contributed by atoms with Crippen LogP contribution in [-0.4, -0.2) is 31.2 Å². The lowest BCUT2D eigenvalue weighted by Crippen LogP contribution is -2.00. The van der Waals surface area contributed by atoms with Crippen LogP contribution < -0.4 is 0 Å². The zero-order chi connectivity index (χ0) is 13.4. The smallest absolute Gasteiger partial charge is 0.209 e. The third-order valence-electron chi connectivity index (χ3n) is 2.71. The number of aryl methyl sites for hydroxylation is 1. The molecule has 0 saturated heterocycles. The fourth-order valence-electron chi connectivity index (χ4n) is 1.81. The summed E-state index contributed by atoms with van der Waals surface area (Å²) in [4.78, 5) is 4.43. The van der Waals surface area contributed by atoms with E-state index in [2.05, 4.69) is 20.3 Å². The Morgan fingerprint density at radius 3 is 2.74 bits per heavy atom. The highest BCUT2D eigenvalue weighted by molar-refractivity contribution is 7.98. The first kappa shape index (κ1) is 12.4. The van der Waals surface area contributed by atoms with Crippen LogP contribution in [0.2, 0.25) is 5.02 Å². The normalized spacial score (nSPS) is 11.1. The lowest BCUT2D eigenvalue weighted by atomic mass is 10.3. The van der Waals surface area contributed by atoms with Crippen molar-refractivity contribution in [3.8, 4) is 5.69 Å². The van der Waals surface area contributed by atoms with Gasteiger partial charge in [0, 0.05) is 0 Å². The van der Waals surface area contributed by atoms with E-state index >= 15 is 0 Å². The molecule has 19 heavy (non-hydrogen) atoms. The number of para-hydroxylation sites is 1. The Bertz CT molecular complexity index is 755. The van der Waals surface area contributed by atoms with E-state index in [-0.39, 0.29) is 0 Å². The van der Waals surface area contributed by atoms with Gasteiger partial charge in [0.15, 0.2) is 0 Å². The van der Waals surface area contributed by atoms with Crippen LogP contribution in [0.5, 0.6) is 0 Å². The molecule has 5 nitrogen and oxygen atoms in total. The fourth-order valence-corrected chi connectivity index (χ4v) is 2.33. The van der Waals surface area contributed by atoms with Gasteiger partial charge in [-0.1, -0.05) is 35.5 Å². The molecule has 0 amide bonds. The molecule has 2 heterocycles. The summed E-state index contributed by atoms with van der Waals surface area (Å²) in [6.45, 7) is 1.90. The molecule has 7 heteroatoms. The summed E-state index contributed by atoms with van der Waals surface area (Å²) < 4.78 is 1.68. The molecule has 0 spiro atoms. The zero-order valence-corrected chi connectivity index (χ0v) is 11.9. The molecule has 0 radical (unpaired) electrons. The van der Waals surface area contributed by atoms with Crippen LogP contribution in [0.25, 0.3) is 16.9 Å². The van der Waals surface area contributed by atoms with Crippen LogP contribution in [0.4, 0.5) is 0 Å². The van der Waals surface area contributed by atoms with Gasteiger partial charge in [-0.05, 0) is 25.3 Å². The van der Waals surface area contributed by atoms with Crippen molar-refractivity contribution in [2.24, 2.45) is 0 Å². The maximum Gasteiger partial charge on any atom is 0.209 e. The van der Waals surface area contributed by atoms with Crippen LogP contribution in [0.3, 0.4) is 0 Å². The minimum Gasteiger partial charge on any atom is -0.216 e. The fraction of sp³-hybridized carbons (Fsp3) is 0.167. The maximum atomic E-state index is 6.19. The molecule has 0 unspecified atom stereocenters. The van der Waals surface area contributed by atoms with Crippen molar-refractivity contribution in [2.45, 2.75) is 12.1 Å². The van der Waals surface area contributed by atoms with E-state index in [0.29, 0.717) is 15.8 Å². The van der Waals surface area contributed by atoms with E-state index in [1.54, 1.807) is 4.68 Å². The topological polar surface area (TPSA) is 56.5 Å². The van der Waals surface area contributed by atoms with Crippen LogP contribution in [-0.2, 0) is 0 Å².